The SMILES string of the molecule is CN(CCC#N)c1ccc(C=NNC(=O)Cc2ccccc2)cc1. The molecule has 0 fully saturated rings. The zero-order valence-corrected chi connectivity index (χ0v) is 13.6. The second-order valence-electron chi connectivity index (χ2n) is 5.38. The quantitative estimate of drug-likeness (QED) is 0.630. The van der Waals surface area contributed by atoms with E-state index in [-0.39, 0.29) is 5.91 Å². The molecule has 2 rings (SSSR count). The number of anilines is 1. The minimum atomic E-state index is -0.148. The van der Waals surface area contributed by atoms with Crippen LogP contribution >= 0.6 is 0 Å². The van der Waals surface area contributed by atoms with E-state index in [1.807, 2.05) is 66.5 Å². The number of nitrogens with zero attached hydrogens (tertiary/aromatic N) is 3. The third-order valence-corrected chi connectivity index (χ3v) is 3.50. The molecule has 0 aliphatic carbocycles. The van der Waals surface area contributed by atoms with Gasteiger partial charge in [0.2, 0.25) is 5.91 Å². The molecular formula is C19H20N4O. The standard InChI is InChI=1S/C19H20N4O/c1-23(13-5-12-20)18-10-8-17(9-11-18)15-21-22-19(24)14-16-6-3-2-4-7-16/h2-4,6-11,15H,5,13-14H2,1H3,(H,22,24). The smallest absolute Gasteiger partial charge is 0.244 e. The van der Waals surface area contributed by atoms with Crippen molar-refractivity contribution in [3.05, 3.63) is 65.7 Å². The molecule has 1 N–H and O–H groups in total. The maximum Gasteiger partial charge on any atom is 0.244 e. The predicted octanol–water partition coefficient (Wildman–Crippen LogP) is 2.73. The van der Waals surface area contributed by atoms with Gasteiger partial charge in [0, 0.05) is 19.3 Å². The van der Waals surface area contributed by atoms with Crippen molar-refractivity contribution in [2.45, 2.75) is 12.8 Å². The van der Waals surface area contributed by atoms with Gasteiger partial charge in [-0.05, 0) is 23.3 Å². The molecule has 0 heterocycles. The molecule has 2 aromatic carbocycles. The lowest BCUT2D eigenvalue weighted by Crippen LogP contribution is -2.19. The predicted molar refractivity (Wildman–Crippen MR) is 95.8 cm³/mol. The van der Waals surface area contributed by atoms with E-state index >= 15 is 0 Å². The molecule has 0 aliphatic heterocycles. The number of rotatable bonds is 7. The van der Waals surface area contributed by atoms with Crippen LogP contribution in [0.1, 0.15) is 17.5 Å². The van der Waals surface area contributed by atoms with Gasteiger partial charge >= 0.3 is 0 Å². The van der Waals surface area contributed by atoms with E-state index in [1.165, 1.54) is 0 Å². The fourth-order valence-electron chi connectivity index (χ4n) is 2.16. The fourth-order valence-corrected chi connectivity index (χ4v) is 2.16. The molecule has 2 aromatic rings. The topological polar surface area (TPSA) is 68.5 Å². The Bertz CT molecular complexity index is 717. The lowest BCUT2D eigenvalue weighted by Gasteiger charge is -2.17. The number of benzene rings is 2. The van der Waals surface area contributed by atoms with Crippen LogP contribution in [-0.4, -0.2) is 25.7 Å². The van der Waals surface area contributed by atoms with E-state index < -0.39 is 0 Å². The van der Waals surface area contributed by atoms with Gasteiger partial charge in [0.1, 0.15) is 0 Å². The second-order valence-corrected chi connectivity index (χ2v) is 5.38. The van der Waals surface area contributed by atoms with Gasteiger partial charge in [-0.25, -0.2) is 5.43 Å². The van der Waals surface area contributed by atoms with Gasteiger partial charge < -0.3 is 4.90 Å². The minimum Gasteiger partial charge on any atom is -0.374 e. The van der Waals surface area contributed by atoms with Crippen LogP contribution < -0.4 is 10.3 Å². The summed E-state index contributed by atoms with van der Waals surface area (Å²) < 4.78 is 0. The summed E-state index contributed by atoms with van der Waals surface area (Å²) in [7, 11) is 1.95. The first-order chi connectivity index (χ1) is 11.7. The molecule has 24 heavy (non-hydrogen) atoms. The Hall–Kier alpha value is -3.13. The van der Waals surface area contributed by atoms with Crippen LogP contribution in [0.25, 0.3) is 0 Å². The average Bonchev–Trinajstić information content (AvgIpc) is 2.61. The third kappa shape index (κ3) is 5.58. The average molecular weight is 320 g/mol. The summed E-state index contributed by atoms with van der Waals surface area (Å²) in [5, 5.41) is 12.6. The van der Waals surface area contributed by atoms with E-state index in [4.69, 9.17) is 5.26 Å². The van der Waals surface area contributed by atoms with Crippen LogP contribution in [0.2, 0.25) is 0 Å². The van der Waals surface area contributed by atoms with Crippen molar-refractivity contribution in [1.82, 2.24) is 5.43 Å². The Morgan fingerprint density at radius 3 is 2.58 bits per heavy atom. The first-order valence-corrected chi connectivity index (χ1v) is 7.73. The molecule has 5 heteroatoms. The van der Waals surface area contributed by atoms with Gasteiger partial charge in [-0.3, -0.25) is 4.79 Å². The van der Waals surface area contributed by atoms with E-state index in [9.17, 15) is 4.79 Å². The molecule has 122 valence electrons. The molecule has 5 nitrogen and oxygen atoms in total. The van der Waals surface area contributed by atoms with Crippen LogP contribution in [0.15, 0.2) is 59.7 Å². The molecule has 0 aromatic heterocycles. The zero-order valence-electron chi connectivity index (χ0n) is 13.6. The van der Waals surface area contributed by atoms with Crippen LogP contribution in [0.4, 0.5) is 5.69 Å². The highest BCUT2D eigenvalue weighted by Gasteiger charge is 2.01. The van der Waals surface area contributed by atoms with Gasteiger partial charge in [0.15, 0.2) is 0 Å². The lowest BCUT2D eigenvalue weighted by molar-refractivity contribution is -0.120. The number of nitrogens with one attached hydrogen (secondary N) is 1. The first kappa shape index (κ1) is 17.2. The van der Waals surface area contributed by atoms with Gasteiger partial charge in [-0.1, -0.05) is 42.5 Å². The maximum absolute atomic E-state index is 11.8. The van der Waals surface area contributed by atoms with Crippen LogP contribution in [0.3, 0.4) is 0 Å². The molecule has 0 bridgehead atoms. The van der Waals surface area contributed by atoms with E-state index in [1.54, 1.807) is 6.21 Å². The van der Waals surface area contributed by atoms with E-state index in [0.29, 0.717) is 19.4 Å². The van der Waals surface area contributed by atoms with E-state index in [2.05, 4.69) is 16.6 Å². The lowest BCUT2D eigenvalue weighted by atomic mass is 10.1. The van der Waals surface area contributed by atoms with Crippen molar-refractivity contribution < 1.29 is 4.79 Å². The summed E-state index contributed by atoms with van der Waals surface area (Å²) in [4.78, 5) is 13.8. The number of nitriles is 1. The van der Waals surface area contributed by atoms with Gasteiger partial charge in [0.25, 0.3) is 0 Å². The van der Waals surface area contributed by atoms with Crippen molar-refractivity contribution in [3.63, 3.8) is 0 Å². The highest BCUT2D eigenvalue weighted by molar-refractivity contribution is 5.83. The zero-order chi connectivity index (χ0) is 17.2. The monoisotopic (exact) mass is 320 g/mol. The Balaban J connectivity index is 1.83. The first-order valence-electron chi connectivity index (χ1n) is 7.73. The second kappa shape index (κ2) is 9.11. The normalized spacial score (nSPS) is 10.3. The number of carbonyl (C=O) groups is 1. The van der Waals surface area contributed by atoms with Crippen LogP contribution in [0.5, 0.6) is 0 Å². The molecular weight excluding hydrogens is 300 g/mol. The highest BCUT2D eigenvalue weighted by atomic mass is 16.2. The highest BCUT2D eigenvalue weighted by Crippen LogP contribution is 2.13. The number of hydrazone groups is 1. The molecule has 0 saturated heterocycles. The summed E-state index contributed by atoms with van der Waals surface area (Å²) >= 11 is 0. The largest absolute Gasteiger partial charge is 0.374 e. The molecule has 0 radical (unpaired) electrons. The number of hydrogen-bond acceptors (Lipinski definition) is 4. The molecule has 0 saturated carbocycles. The molecule has 0 unspecified atom stereocenters. The van der Waals surface area contributed by atoms with Crippen molar-refractivity contribution >= 4 is 17.8 Å². The Morgan fingerprint density at radius 1 is 1.21 bits per heavy atom. The van der Waals surface area contributed by atoms with Crippen molar-refractivity contribution in [2.75, 3.05) is 18.5 Å². The van der Waals surface area contributed by atoms with Crippen molar-refractivity contribution in [1.29, 1.82) is 5.26 Å². The number of amides is 1. The van der Waals surface area contributed by atoms with Gasteiger partial charge in [-0.15, -0.1) is 0 Å². The molecule has 0 aliphatic rings. The van der Waals surface area contributed by atoms with E-state index in [0.717, 1.165) is 16.8 Å². The van der Waals surface area contributed by atoms with Crippen molar-refractivity contribution in [2.24, 2.45) is 5.10 Å². The Morgan fingerprint density at radius 2 is 1.92 bits per heavy atom. The summed E-state index contributed by atoms with van der Waals surface area (Å²) in [5.74, 6) is -0.148. The van der Waals surface area contributed by atoms with Crippen LogP contribution in [0, 0.1) is 11.3 Å². The molecule has 0 spiro atoms. The fraction of sp³-hybridized carbons (Fsp3) is 0.211. The van der Waals surface area contributed by atoms with Gasteiger partial charge in [0.05, 0.1) is 25.1 Å². The number of carbonyl (C=O) groups excluding carboxylic acids is 1. The molecule has 1 amide bonds. The third-order valence-electron chi connectivity index (χ3n) is 3.50. The Labute approximate surface area is 142 Å². The summed E-state index contributed by atoms with van der Waals surface area (Å²) in [5.41, 5.74) is 5.42. The van der Waals surface area contributed by atoms with Crippen molar-refractivity contribution in [3.8, 4) is 6.07 Å². The summed E-state index contributed by atoms with van der Waals surface area (Å²) in [6, 6.07) is 19.4. The maximum atomic E-state index is 11.8. The summed E-state index contributed by atoms with van der Waals surface area (Å²) in [6.45, 7) is 0.694. The Kier molecular flexibility index (Phi) is 6.54. The summed E-state index contributed by atoms with van der Waals surface area (Å²) in [6.07, 6.45) is 2.41. The van der Waals surface area contributed by atoms with Crippen LogP contribution in [-0.2, 0) is 11.2 Å². The van der Waals surface area contributed by atoms with Gasteiger partial charge in [-0.2, -0.15) is 10.4 Å². The minimum absolute atomic E-state index is 0.148. The molecule has 0 atom stereocenters. The number of hydrogen-bond donors (Lipinski definition) is 1.